The van der Waals surface area contributed by atoms with E-state index in [9.17, 15) is 0 Å². The van der Waals surface area contributed by atoms with Crippen molar-refractivity contribution in [1.82, 2.24) is 4.90 Å². The fourth-order valence-electron chi connectivity index (χ4n) is 1.60. The van der Waals surface area contributed by atoms with Crippen LogP contribution in [0.3, 0.4) is 0 Å². The Morgan fingerprint density at radius 3 is 2.60 bits per heavy atom. The zero-order chi connectivity index (χ0) is 11.3. The van der Waals surface area contributed by atoms with E-state index >= 15 is 0 Å². The van der Waals surface area contributed by atoms with Crippen LogP contribution in [0.25, 0.3) is 6.08 Å². The molecule has 1 rings (SSSR count). The third-order valence-corrected chi connectivity index (χ3v) is 2.28. The van der Waals surface area contributed by atoms with Gasteiger partial charge >= 0.3 is 0 Å². The lowest BCUT2D eigenvalue weighted by Crippen LogP contribution is -2.23. The van der Waals surface area contributed by atoms with E-state index in [-0.39, 0.29) is 6.23 Å². The van der Waals surface area contributed by atoms with Crippen LogP contribution in [-0.4, -0.2) is 25.6 Å². The van der Waals surface area contributed by atoms with E-state index in [0.717, 1.165) is 5.56 Å². The van der Waals surface area contributed by atoms with Gasteiger partial charge < -0.3 is 4.74 Å². The van der Waals surface area contributed by atoms with Crippen molar-refractivity contribution >= 4 is 6.08 Å². The molecule has 0 aromatic heterocycles. The zero-order valence-corrected chi connectivity index (χ0v) is 9.73. The van der Waals surface area contributed by atoms with Crippen LogP contribution < -0.4 is 0 Å². The molecule has 0 saturated heterocycles. The van der Waals surface area contributed by atoms with E-state index in [1.54, 1.807) is 0 Å². The Hall–Kier alpha value is -1.12. The second kappa shape index (κ2) is 5.69. The second-order valence-electron chi connectivity index (χ2n) is 3.60. The maximum atomic E-state index is 5.71. The average Bonchev–Trinajstić information content (AvgIpc) is 2.25. The molecule has 0 aliphatic rings. The average molecular weight is 205 g/mol. The van der Waals surface area contributed by atoms with Crippen LogP contribution in [0.15, 0.2) is 30.8 Å². The van der Waals surface area contributed by atoms with Crippen molar-refractivity contribution in [3.63, 3.8) is 0 Å². The number of benzene rings is 1. The molecule has 0 aliphatic carbocycles. The molecule has 1 aromatic rings. The summed E-state index contributed by atoms with van der Waals surface area (Å²) < 4.78 is 5.71. The molecule has 15 heavy (non-hydrogen) atoms. The first-order valence-corrected chi connectivity index (χ1v) is 5.20. The number of rotatable bonds is 5. The molecule has 0 N–H and O–H groups in total. The zero-order valence-electron chi connectivity index (χ0n) is 9.73. The fraction of sp³-hybridized carbons (Fsp3) is 0.385. The van der Waals surface area contributed by atoms with Gasteiger partial charge in [-0.25, -0.2) is 0 Å². The van der Waals surface area contributed by atoms with Crippen molar-refractivity contribution in [2.24, 2.45) is 0 Å². The normalized spacial score (nSPS) is 12.8. The summed E-state index contributed by atoms with van der Waals surface area (Å²) in [6.45, 7) is 6.53. The number of nitrogens with zero attached hydrogens (tertiary/aromatic N) is 1. The highest BCUT2D eigenvalue weighted by atomic mass is 16.5. The molecule has 82 valence electrons. The smallest absolute Gasteiger partial charge is 0.136 e. The second-order valence-corrected chi connectivity index (χ2v) is 3.60. The molecule has 2 nitrogen and oxygen atoms in total. The van der Waals surface area contributed by atoms with Crippen LogP contribution in [-0.2, 0) is 4.74 Å². The Kier molecular flexibility index (Phi) is 4.53. The van der Waals surface area contributed by atoms with Gasteiger partial charge in [-0.05, 0) is 26.6 Å². The molecule has 0 spiro atoms. The summed E-state index contributed by atoms with van der Waals surface area (Å²) in [6.07, 6.45) is 1.87. The Morgan fingerprint density at radius 2 is 2.07 bits per heavy atom. The van der Waals surface area contributed by atoms with Gasteiger partial charge in [0.15, 0.2) is 0 Å². The molecule has 1 aromatic carbocycles. The van der Waals surface area contributed by atoms with Gasteiger partial charge in [-0.15, -0.1) is 0 Å². The minimum atomic E-state index is 0.00389. The van der Waals surface area contributed by atoms with Crippen LogP contribution in [0.1, 0.15) is 24.3 Å². The third kappa shape index (κ3) is 2.91. The van der Waals surface area contributed by atoms with E-state index in [4.69, 9.17) is 4.74 Å². The summed E-state index contributed by atoms with van der Waals surface area (Å²) in [6, 6.07) is 8.17. The van der Waals surface area contributed by atoms with Crippen LogP contribution in [0.5, 0.6) is 0 Å². The van der Waals surface area contributed by atoms with Crippen molar-refractivity contribution in [3.05, 3.63) is 42.0 Å². The SMILES string of the molecule is C=Cc1ccccc1C(OCC)N(C)C. The predicted molar refractivity (Wildman–Crippen MR) is 64.6 cm³/mol. The first kappa shape index (κ1) is 12.0. The van der Waals surface area contributed by atoms with E-state index in [0.29, 0.717) is 6.61 Å². The molecule has 0 fully saturated rings. The molecular weight excluding hydrogens is 186 g/mol. The molecule has 1 atom stereocenters. The van der Waals surface area contributed by atoms with E-state index in [1.165, 1.54) is 5.56 Å². The Morgan fingerprint density at radius 1 is 1.40 bits per heavy atom. The molecule has 2 heteroatoms. The predicted octanol–water partition coefficient (Wildman–Crippen LogP) is 2.93. The first-order chi connectivity index (χ1) is 7.20. The van der Waals surface area contributed by atoms with E-state index < -0.39 is 0 Å². The Bertz CT molecular complexity index is 320. The molecule has 0 amide bonds. The highest BCUT2D eigenvalue weighted by Gasteiger charge is 2.15. The molecule has 0 bridgehead atoms. The van der Waals surface area contributed by atoms with Gasteiger partial charge in [0, 0.05) is 12.2 Å². The van der Waals surface area contributed by atoms with Crippen molar-refractivity contribution in [2.45, 2.75) is 13.2 Å². The Labute approximate surface area is 92.2 Å². The summed E-state index contributed by atoms with van der Waals surface area (Å²) in [5.74, 6) is 0. The summed E-state index contributed by atoms with van der Waals surface area (Å²) in [5, 5.41) is 0. The van der Waals surface area contributed by atoms with Crippen molar-refractivity contribution in [2.75, 3.05) is 20.7 Å². The monoisotopic (exact) mass is 205 g/mol. The van der Waals surface area contributed by atoms with Gasteiger partial charge in [0.25, 0.3) is 0 Å². The highest BCUT2D eigenvalue weighted by molar-refractivity contribution is 5.52. The molecule has 0 heterocycles. The van der Waals surface area contributed by atoms with Gasteiger partial charge in [-0.2, -0.15) is 0 Å². The summed E-state index contributed by atoms with van der Waals surface area (Å²) >= 11 is 0. The third-order valence-electron chi connectivity index (χ3n) is 2.28. The number of hydrogen-bond acceptors (Lipinski definition) is 2. The molecule has 0 radical (unpaired) electrons. The summed E-state index contributed by atoms with van der Waals surface area (Å²) in [4.78, 5) is 2.06. The van der Waals surface area contributed by atoms with Gasteiger partial charge in [0.2, 0.25) is 0 Å². The van der Waals surface area contributed by atoms with Crippen LogP contribution in [0.2, 0.25) is 0 Å². The standard InChI is InChI=1S/C13H19NO/c1-5-11-9-7-8-10-12(11)13(14(3)4)15-6-2/h5,7-10,13H,1,6H2,2-4H3. The van der Waals surface area contributed by atoms with E-state index in [2.05, 4.69) is 23.6 Å². The first-order valence-electron chi connectivity index (χ1n) is 5.20. The number of hydrogen-bond donors (Lipinski definition) is 0. The van der Waals surface area contributed by atoms with Crippen molar-refractivity contribution < 1.29 is 4.74 Å². The lowest BCUT2D eigenvalue weighted by molar-refractivity contribution is -0.0324. The van der Waals surface area contributed by atoms with Gasteiger partial charge in [0.05, 0.1) is 0 Å². The highest BCUT2D eigenvalue weighted by Crippen LogP contribution is 2.23. The van der Waals surface area contributed by atoms with E-state index in [1.807, 2.05) is 39.2 Å². The summed E-state index contributed by atoms with van der Waals surface area (Å²) in [5.41, 5.74) is 2.30. The maximum Gasteiger partial charge on any atom is 0.136 e. The fourth-order valence-corrected chi connectivity index (χ4v) is 1.60. The lowest BCUT2D eigenvalue weighted by Gasteiger charge is -2.25. The largest absolute Gasteiger partial charge is 0.359 e. The van der Waals surface area contributed by atoms with Crippen molar-refractivity contribution in [3.8, 4) is 0 Å². The van der Waals surface area contributed by atoms with Crippen LogP contribution in [0, 0.1) is 0 Å². The quantitative estimate of drug-likeness (QED) is 0.685. The molecule has 0 aliphatic heterocycles. The maximum absolute atomic E-state index is 5.71. The minimum absolute atomic E-state index is 0.00389. The molecular formula is C13H19NO. The molecule has 1 unspecified atom stereocenters. The van der Waals surface area contributed by atoms with Crippen LogP contribution >= 0.6 is 0 Å². The lowest BCUT2D eigenvalue weighted by atomic mass is 10.1. The molecule has 0 saturated carbocycles. The number of ether oxygens (including phenoxy) is 1. The summed E-state index contributed by atoms with van der Waals surface area (Å²) in [7, 11) is 4.03. The van der Waals surface area contributed by atoms with Gasteiger partial charge in [-0.1, -0.05) is 36.9 Å². The Balaban J connectivity index is 3.04. The minimum Gasteiger partial charge on any atom is -0.359 e. The van der Waals surface area contributed by atoms with Gasteiger partial charge in [-0.3, -0.25) is 4.90 Å². The van der Waals surface area contributed by atoms with Crippen LogP contribution in [0.4, 0.5) is 0 Å². The topological polar surface area (TPSA) is 12.5 Å². The van der Waals surface area contributed by atoms with Gasteiger partial charge in [0.1, 0.15) is 6.23 Å². The van der Waals surface area contributed by atoms with Crippen molar-refractivity contribution in [1.29, 1.82) is 0 Å².